The van der Waals surface area contributed by atoms with E-state index in [1.165, 1.54) is 55.1 Å². The van der Waals surface area contributed by atoms with E-state index in [2.05, 4.69) is 26.3 Å². The number of carbonyl (C=O) groups is 6. The van der Waals surface area contributed by atoms with Gasteiger partial charge in [-0.3, -0.25) is 28.8 Å². The minimum Gasteiger partial charge on any atom is -0.548 e. The summed E-state index contributed by atoms with van der Waals surface area (Å²) in [5.41, 5.74) is 0.537. The van der Waals surface area contributed by atoms with Crippen LogP contribution in [0, 0.1) is 0 Å². The predicted octanol–water partition coefficient (Wildman–Crippen LogP) is -3.41. The van der Waals surface area contributed by atoms with E-state index in [1.54, 1.807) is 38.1 Å². The third-order valence-electron chi connectivity index (χ3n) is 8.05. The number of benzene rings is 2. The van der Waals surface area contributed by atoms with Gasteiger partial charge in [0.25, 0.3) is 11.5 Å². The van der Waals surface area contributed by atoms with Crippen molar-refractivity contribution in [1.82, 2.24) is 25.8 Å². The van der Waals surface area contributed by atoms with Gasteiger partial charge in [0.15, 0.2) is 0 Å². The second kappa shape index (κ2) is 14.9. The number of rotatable bonds is 11. The molecule has 0 aliphatic carbocycles. The quantitative estimate of drug-likeness (QED) is 0.0660. The van der Waals surface area contributed by atoms with Gasteiger partial charge in [0.05, 0.1) is 12.0 Å². The summed E-state index contributed by atoms with van der Waals surface area (Å²) in [4.78, 5) is 91.1. The summed E-state index contributed by atoms with van der Waals surface area (Å²) in [6.45, 7) is 4.85. The van der Waals surface area contributed by atoms with Crippen molar-refractivity contribution in [2.24, 2.45) is 0 Å². The second-order valence-electron chi connectivity index (χ2n) is 11.8. The average Bonchev–Trinajstić information content (AvgIpc) is 3.30. The molecular weight excluding hydrogens is 667 g/mol. The number of aromatic amines is 1. The summed E-state index contributed by atoms with van der Waals surface area (Å²) in [5, 5.41) is 31.0. The number of carboxylic acids is 1. The summed E-state index contributed by atoms with van der Waals surface area (Å²) >= 11 is 1.21. The fourth-order valence-corrected chi connectivity index (χ4v) is 7.14. The van der Waals surface area contributed by atoms with Crippen molar-refractivity contribution >= 4 is 53.5 Å². The zero-order chi connectivity index (χ0) is 34.9. The first-order valence-corrected chi connectivity index (χ1v) is 15.5. The van der Waals surface area contributed by atoms with Crippen LogP contribution in [0.1, 0.15) is 42.7 Å². The predicted molar refractivity (Wildman–Crippen MR) is 171 cm³/mol. The fourth-order valence-electron chi connectivity index (χ4n) is 5.52. The molecule has 3 heterocycles. The van der Waals surface area contributed by atoms with E-state index in [9.17, 15) is 43.8 Å². The van der Waals surface area contributed by atoms with E-state index < -0.39 is 69.4 Å². The topological polar surface area (TPSA) is 230 Å². The van der Waals surface area contributed by atoms with Crippen LogP contribution in [-0.4, -0.2) is 79.2 Å². The molecule has 6 N–H and O–H groups in total. The van der Waals surface area contributed by atoms with Crippen molar-refractivity contribution in [2.75, 3.05) is 5.32 Å². The van der Waals surface area contributed by atoms with Crippen molar-refractivity contribution in [3.05, 3.63) is 82.1 Å². The smallest absolute Gasteiger partial charge is 0.548 e. The summed E-state index contributed by atoms with van der Waals surface area (Å²) in [6, 6.07) is 10.2. The van der Waals surface area contributed by atoms with Gasteiger partial charge in [0, 0.05) is 16.1 Å². The number of nitrogens with one attached hydrogen (secondary N) is 5. The molecule has 5 atom stereocenters. The minimum atomic E-state index is -1.40. The number of aromatic hydroxyl groups is 1. The van der Waals surface area contributed by atoms with Crippen LogP contribution in [0.3, 0.4) is 0 Å². The number of hydrogen-bond donors (Lipinski definition) is 6. The number of phenols is 1. The van der Waals surface area contributed by atoms with E-state index in [1.807, 2.05) is 0 Å². The molecule has 2 unspecified atom stereocenters. The Morgan fingerprint density at radius 2 is 1.65 bits per heavy atom. The molecule has 49 heavy (non-hydrogen) atoms. The van der Waals surface area contributed by atoms with Crippen molar-refractivity contribution in [3.8, 4) is 17.0 Å². The van der Waals surface area contributed by atoms with Gasteiger partial charge in [-0.2, -0.15) is 0 Å². The Kier molecular flexibility index (Phi) is 11.3. The number of aliphatic carboxylic acids is 1. The molecule has 0 bridgehead atoms. The zero-order valence-electron chi connectivity index (χ0n) is 26.8. The van der Waals surface area contributed by atoms with E-state index in [0.29, 0.717) is 23.4 Å². The number of pyridine rings is 1. The number of amides is 5. The maximum atomic E-state index is 13.6. The Balaban J connectivity index is 0.00000541. The van der Waals surface area contributed by atoms with Crippen molar-refractivity contribution in [1.29, 1.82) is 0 Å². The third kappa shape index (κ3) is 7.67. The molecule has 250 valence electrons. The Bertz CT molecular complexity index is 1850. The number of β-lactam (4-membered cyclic amide) rings is 1. The van der Waals surface area contributed by atoms with Gasteiger partial charge in [-0.1, -0.05) is 24.3 Å². The van der Waals surface area contributed by atoms with Crippen molar-refractivity contribution < 1.29 is 68.5 Å². The van der Waals surface area contributed by atoms with Gasteiger partial charge >= 0.3 is 29.6 Å². The molecular formula is C32H31N6NaO9S. The van der Waals surface area contributed by atoms with Gasteiger partial charge in [0.2, 0.25) is 24.1 Å². The second-order valence-corrected chi connectivity index (χ2v) is 13.5. The molecule has 17 heteroatoms. The van der Waals surface area contributed by atoms with E-state index in [4.69, 9.17) is 0 Å². The monoisotopic (exact) mass is 698 g/mol. The molecule has 3 aromatic rings. The molecule has 2 aliphatic heterocycles. The van der Waals surface area contributed by atoms with E-state index >= 15 is 0 Å². The number of fused-ring (bicyclic) bond motifs is 1. The SMILES string of the molecule is CC(NC=O)C(=O)Nc1ccc(-c2ccc(C(=O)NC(C(=O)N[C@@H]3C(=O)N4[C@@H]3SC(C)(C)[C@@H]4C(=O)[O-])c3ccc(O)cc3)c(=O)[nH]2)cc1.[Na+]. The van der Waals surface area contributed by atoms with E-state index in [-0.39, 0.29) is 46.4 Å². The van der Waals surface area contributed by atoms with Gasteiger partial charge in [-0.25, -0.2) is 0 Å². The van der Waals surface area contributed by atoms with Gasteiger partial charge in [-0.15, -0.1) is 11.8 Å². The first kappa shape index (κ1) is 37.2. The average molecular weight is 699 g/mol. The Hall–Kier alpha value is -4.64. The molecule has 2 fully saturated rings. The summed E-state index contributed by atoms with van der Waals surface area (Å²) in [6.07, 6.45) is 0.424. The molecule has 0 spiro atoms. The number of thioether (sulfide) groups is 1. The van der Waals surface area contributed by atoms with Crippen LogP contribution in [-0.2, 0) is 24.0 Å². The number of hydrogen-bond acceptors (Lipinski definition) is 10. The number of anilines is 1. The Morgan fingerprint density at radius 3 is 2.24 bits per heavy atom. The van der Waals surface area contributed by atoms with Gasteiger partial charge in [0.1, 0.15) is 34.8 Å². The van der Waals surface area contributed by atoms with Crippen LogP contribution in [0.25, 0.3) is 11.3 Å². The number of nitrogens with zero attached hydrogens (tertiary/aromatic N) is 1. The van der Waals surface area contributed by atoms with Crippen LogP contribution in [0.2, 0.25) is 0 Å². The Labute approximate surface area is 305 Å². The first-order chi connectivity index (χ1) is 22.7. The molecule has 5 amide bonds. The molecule has 0 radical (unpaired) electrons. The number of carboxylic acid groups (broad SMARTS) is 1. The molecule has 5 rings (SSSR count). The molecule has 1 aromatic heterocycles. The first-order valence-electron chi connectivity index (χ1n) is 14.7. The summed E-state index contributed by atoms with van der Waals surface area (Å²) in [7, 11) is 0. The minimum absolute atomic E-state index is 0. The molecule has 2 saturated heterocycles. The summed E-state index contributed by atoms with van der Waals surface area (Å²) < 4.78 is -0.873. The van der Waals surface area contributed by atoms with Gasteiger partial charge in [-0.05, 0) is 68.3 Å². The molecule has 0 saturated carbocycles. The van der Waals surface area contributed by atoms with Crippen LogP contribution in [0.4, 0.5) is 5.69 Å². The summed E-state index contributed by atoms with van der Waals surface area (Å²) in [5.74, 6) is -4.23. The normalized spacial score (nSPS) is 19.9. The number of aromatic nitrogens is 1. The zero-order valence-corrected chi connectivity index (χ0v) is 29.6. The number of carbonyl (C=O) groups excluding carboxylic acids is 6. The van der Waals surface area contributed by atoms with Gasteiger partial charge < -0.3 is 46.2 Å². The van der Waals surface area contributed by atoms with E-state index in [0.717, 1.165) is 4.90 Å². The van der Waals surface area contributed by atoms with Crippen LogP contribution >= 0.6 is 11.8 Å². The van der Waals surface area contributed by atoms with Crippen molar-refractivity contribution in [2.45, 2.75) is 55.1 Å². The maximum absolute atomic E-state index is 13.6. The third-order valence-corrected chi connectivity index (χ3v) is 9.63. The maximum Gasteiger partial charge on any atom is 1.00 e. The van der Waals surface area contributed by atoms with Crippen LogP contribution < -0.4 is 61.5 Å². The van der Waals surface area contributed by atoms with Crippen molar-refractivity contribution in [3.63, 3.8) is 0 Å². The van der Waals surface area contributed by atoms with Crippen LogP contribution in [0.15, 0.2) is 65.5 Å². The number of phenolic OH excluding ortho intramolecular Hbond substituents is 1. The standard InChI is InChI=1S/C32H32N6O9S.Na/c1-15(33-14-39)25(41)34-18-8-4-16(5-9-18)21-13-12-20(26(42)35-21)27(43)36-22(17-6-10-19(40)11-7-17)28(44)37-23-29(45)38-24(31(46)47)32(2,3)48-30(23)38;/h4-15,22-24,30,40H,1-3H3,(H,33,39)(H,34,41)(H,35,42)(H,36,43)(H,37,44)(H,46,47);/q;+1/p-1/t15?,22?,23-,24+,30-;/m1./s1. The van der Waals surface area contributed by atoms with Crippen LogP contribution in [0.5, 0.6) is 5.75 Å². The Morgan fingerprint density at radius 1 is 1.00 bits per heavy atom. The fraction of sp³-hybridized carbons (Fsp3) is 0.281. The molecule has 2 aromatic carbocycles. The largest absolute Gasteiger partial charge is 1.00 e. The molecule has 2 aliphatic rings. The molecule has 15 nitrogen and oxygen atoms in total. The number of H-pyrrole nitrogens is 1.